The number of benzene rings is 1. The Bertz CT molecular complexity index is 967. The lowest BCUT2D eigenvalue weighted by Gasteiger charge is -2.27. The van der Waals surface area contributed by atoms with Crippen molar-refractivity contribution in [2.45, 2.75) is 12.6 Å². The molecule has 1 amide bonds. The molecule has 1 unspecified atom stereocenters. The van der Waals surface area contributed by atoms with Crippen LogP contribution in [-0.2, 0) is 11.8 Å². The van der Waals surface area contributed by atoms with Crippen molar-refractivity contribution in [1.29, 1.82) is 0 Å². The molecule has 3 rings (SSSR count). The maximum absolute atomic E-state index is 13.3. The molecule has 1 saturated heterocycles. The number of aliphatic carboxylic acids is 1. The molecule has 0 aliphatic carbocycles. The molecule has 1 atom stereocenters. The largest absolute Gasteiger partial charge is 0.481 e. The van der Waals surface area contributed by atoms with Crippen LogP contribution in [0.5, 0.6) is 0 Å². The van der Waals surface area contributed by atoms with Gasteiger partial charge in [0.25, 0.3) is 11.5 Å². The molecular formula is C17H15F3N2O4. The van der Waals surface area contributed by atoms with Crippen LogP contribution in [0.1, 0.15) is 16.8 Å². The van der Waals surface area contributed by atoms with E-state index in [9.17, 15) is 27.6 Å². The Morgan fingerprint density at radius 3 is 2.46 bits per heavy atom. The number of carboxylic acids is 1. The number of para-hydroxylation sites is 1. The predicted molar refractivity (Wildman–Crippen MR) is 85.8 cm³/mol. The molecule has 1 aliphatic heterocycles. The zero-order chi connectivity index (χ0) is 19.3. The number of nitrogens with zero attached hydrogens (tertiary/aromatic N) is 2. The lowest BCUT2D eigenvalue weighted by molar-refractivity contribution is -0.227. The van der Waals surface area contributed by atoms with Crippen LogP contribution in [0.2, 0.25) is 0 Å². The van der Waals surface area contributed by atoms with Gasteiger partial charge in [0.1, 0.15) is 0 Å². The number of carboxylic acid groups (broad SMARTS) is 1. The molecule has 0 bridgehead atoms. The Morgan fingerprint density at radius 1 is 1.23 bits per heavy atom. The minimum Gasteiger partial charge on any atom is -0.481 e. The molecule has 26 heavy (non-hydrogen) atoms. The number of carbonyl (C=O) groups is 2. The van der Waals surface area contributed by atoms with Crippen LogP contribution in [0.25, 0.3) is 10.9 Å². The highest BCUT2D eigenvalue weighted by molar-refractivity contribution is 6.06. The maximum atomic E-state index is 13.3. The van der Waals surface area contributed by atoms with E-state index in [-0.39, 0.29) is 12.1 Å². The van der Waals surface area contributed by atoms with Gasteiger partial charge in [0, 0.05) is 31.6 Å². The molecule has 0 radical (unpaired) electrons. The van der Waals surface area contributed by atoms with E-state index in [0.29, 0.717) is 10.9 Å². The highest BCUT2D eigenvalue weighted by Gasteiger charge is 2.64. The summed E-state index contributed by atoms with van der Waals surface area (Å²) in [5.41, 5.74) is -3.04. The molecule has 1 aromatic carbocycles. The summed E-state index contributed by atoms with van der Waals surface area (Å²) in [6, 6.07) is 7.59. The fraction of sp³-hybridized carbons (Fsp3) is 0.353. The Morgan fingerprint density at radius 2 is 1.88 bits per heavy atom. The summed E-state index contributed by atoms with van der Waals surface area (Å²) < 4.78 is 41.2. The summed E-state index contributed by atoms with van der Waals surface area (Å²) in [7, 11) is 1.52. The van der Waals surface area contributed by atoms with E-state index in [1.165, 1.54) is 11.6 Å². The number of rotatable bonds is 2. The van der Waals surface area contributed by atoms with Crippen molar-refractivity contribution in [3.8, 4) is 0 Å². The summed E-state index contributed by atoms with van der Waals surface area (Å²) in [6.07, 6.45) is -5.71. The molecule has 2 aromatic rings. The van der Waals surface area contributed by atoms with Crippen LogP contribution >= 0.6 is 0 Å². The summed E-state index contributed by atoms with van der Waals surface area (Å²) in [6.45, 7) is -1.33. The van der Waals surface area contributed by atoms with Gasteiger partial charge < -0.3 is 14.6 Å². The topological polar surface area (TPSA) is 79.6 Å². The van der Waals surface area contributed by atoms with Crippen molar-refractivity contribution >= 4 is 22.8 Å². The van der Waals surface area contributed by atoms with Gasteiger partial charge in [-0.05, 0) is 12.5 Å². The number of fused-ring (bicyclic) bond motifs is 1. The number of amides is 1. The van der Waals surface area contributed by atoms with Gasteiger partial charge in [-0.15, -0.1) is 0 Å². The second kappa shape index (κ2) is 5.86. The van der Waals surface area contributed by atoms with Crippen molar-refractivity contribution in [1.82, 2.24) is 9.47 Å². The number of aryl methyl sites for hydroxylation is 1. The predicted octanol–water partition coefficient (Wildman–Crippen LogP) is 2.02. The van der Waals surface area contributed by atoms with Crippen molar-refractivity contribution in [3.05, 3.63) is 46.2 Å². The quantitative estimate of drug-likeness (QED) is 0.880. The molecule has 0 saturated carbocycles. The van der Waals surface area contributed by atoms with Crippen LogP contribution in [0.4, 0.5) is 13.2 Å². The Balaban J connectivity index is 2.05. The fourth-order valence-electron chi connectivity index (χ4n) is 3.27. The maximum Gasteiger partial charge on any atom is 0.406 e. The molecule has 2 heterocycles. The number of hydrogen-bond donors (Lipinski definition) is 1. The Kier molecular flexibility index (Phi) is 4.05. The van der Waals surface area contributed by atoms with Crippen LogP contribution in [0.15, 0.2) is 35.1 Å². The van der Waals surface area contributed by atoms with E-state index in [2.05, 4.69) is 0 Å². The molecule has 1 aromatic heterocycles. The average molecular weight is 368 g/mol. The third-order valence-electron chi connectivity index (χ3n) is 4.89. The highest BCUT2D eigenvalue weighted by Crippen LogP contribution is 2.46. The van der Waals surface area contributed by atoms with Crippen LogP contribution in [-0.4, -0.2) is 45.7 Å². The summed E-state index contributed by atoms with van der Waals surface area (Å²) in [4.78, 5) is 37.0. The van der Waals surface area contributed by atoms with Gasteiger partial charge in [0.15, 0.2) is 5.41 Å². The van der Waals surface area contributed by atoms with Crippen molar-refractivity contribution in [3.63, 3.8) is 0 Å². The lowest BCUT2D eigenvalue weighted by Crippen LogP contribution is -2.47. The summed E-state index contributed by atoms with van der Waals surface area (Å²) in [5.74, 6) is -2.79. The van der Waals surface area contributed by atoms with E-state index in [1.54, 1.807) is 24.3 Å². The molecule has 0 spiro atoms. The SMILES string of the molecule is Cn1c(=O)cc(C(=O)N2CCC(C(=O)O)(C(F)(F)F)C2)c2ccccc21. The summed E-state index contributed by atoms with van der Waals surface area (Å²) in [5, 5.41) is 9.53. The first-order valence-electron chi connectivity index (χ1n) is 7.77. The van der Waals surface area contributed by atoms with E-state index >= 15 is 0 Å². The minimum absolute atomic E-state index is 0.0351. The van der Waals surface area contributed by atoms with Gasteiger partial charge in [0.2, 0.25) is 0 Å². The molecular weight excluding hydrogens is 353 g/mol. The van der Waals surface area contributed by atoms with Gasteiger partial charge in [-0.2, -0.15) is 13.2 Å². The first-order chi connectivity index (χ1) is 12.1. The lowest BCUT2D eigenvalue weighted by atomic mass is 9.86. The molecule has 138 valence electrons. The van der Waals surface area contributed by atoms with E-state index in [1.807, 2.05) is 0 Å². The Labute approximate surface area is 145 Å². The van der Waals surface area contributed by atoms with Gasteiger partial charge in [-0.3, -0.25) is 14.4 Å². The normalized spacial score (nSPS) is 20.5. The van der Waals surface area contributed by atoms with Gasteiger partial charge in [-0.1, -0.05) is 18.2 Å². The number of alkyl halides is 3. The van der Waals surface area contributed by atoms with Crippen LogP contribution < -0.4 is 5.56 Å². The van der Waals surface area contributed by atoms with E-state index < -0.39 is 42.0 Å². The number of halogens is 3. The fourth-order valence-corrected chi connectivity index (χ4v) is 3.27. The van der Waals surface area contributed by atoms with E-state index in [4.69, 9.17) is 5.11 Å². The zero-order valence-corrected chi connectivity index (χ0v) is 13.7. The molecule has 6 nitrogen and oxygen atoms in total. The van der Waals surface area contributed by atoms with Crippen molar-refractivity contribution in [2.24, 2.45) is 12.5 Å². The number of pyridine rings is 1. The third kappa shape index (κ3) is 2.54. The number of aromatic nitrogens is 1. The standard InChI is InChI=1S/C17H15F3N2O4/c1-21-12-5-3-2-4-10(12)11(8-13(21)23)14(24)22-7-6-16(9-22,15(25)26)17(18,19)20/h2-5,8H,6-7,9H2,1H3,(H,25,26). The van der Waals surface area contributed by atoms with E-state index in [0.717, 1.165) is 11.0 Å². The van der Waals surface area contributed by atoms with Crippen molar-refractivity contribution in [2.75, 3.05) is 13.1 Å². The molecule has 1 aliphatic rings. The Hall–Kier alpha value is -2.84. The minimum atomic E-state index is -4.98. The molecule has 1 fully saturated rings. The monoisotopic (exact) mass is 368 g/mol. The molecule has 9 heteroatoms. The summed E-state index contributed by atoms with van der Waals surface area (Å²) >= 11 is 0. The number of carbonyl (C=O) groups excluding carboxylic acids is 1. The first kappa shape index (κ1) is 18.0. The smallest absolute Gasteiger partial charge is 0.406 e. The van der Waals surface area contributed by atoms with Gasteiger partial charge in [0.05, 0.1) is 11.1 Å². The average Bonchev–Trinajstić information content (AvgIpc) is 3.04. The second-order valence-corrected chi connectivity index (χ2v) is 6.33. The number of hydrogen-bond acceptors (Lipinski definition) is 3. The second-order valence-electron chi connectivity index (χ2n) is 6.33. The van der Waals surface area contributed by atoms with Crippen LogP contribution in [0.3, 0.4) is 0 Å². The first-order valence-corrected chi connectivity index (χ1v) is 7.77. The zero-order valence-electron chi connectivity index (χ0n) is 13.7. The van der Waals surface area contributed by atoms with Crippen molar-refractivity contribution < 1.29 is 27.9 Å². The highest BCUT2D eigenvalue weighted by atomic mass is 19.4. The van der Waals surface area contributed by atoms with Gasteiger partial charge >= 0.3 is 12.1 Å². The van der Waals surface area contributed by atoms with Crippen LogP contribution in [0, 0.1) is 5.41 Å². The third-order valence-corrected chi connectivity index (χ3v) is 4.89. The number of likely N-dealkylation sites (tertiary alicyclic amines) is 1. The van der Waals surface area contributed by atoms with Gasteiger partial charge in [-0.25, -0.2) is 0 Å². The molecule has 1 N–H and O–H groups in total.